The molecule has 92 valence electrons. The fourth-order valence-electron chi connectivity index (χ4n) is 2.11. The maximum atomic E-state index is 11.5. The highest BCUT2D eigenvalue weighted by Crippen LogP contribution is 2.36. The van der Waals surface area contributed by atoms with Crippen molar-refractivity contribution in [1.82, 2.24) is 5.32 Å². The van der Waals surface area contributed by atoms with Gasteiger partial charge in [-0.3, -0.25) is 4.79 Å². The highest BCUT2D eigenvalue weighted by atomic mass is 16.1. The first-order chi connectivity index (χ1) is 8.04. The Kier molecular flexibility index (Phi) is 2.96. The molecule has 1 saturated carbocycles. The molecule has 17 heavy (non-hydrogen) atoms. The molecule has 1 aliphatic carbocycles. The number of nitrogen functional groups attached to an aromatic ring is 1. The number of hydrogen-bond acceptors (Lipinski definition) is 3. The van der Waals surface area contributed by atoms with Gasteiger partial charge in [0.15, 0.2) is 0 Å². The predicted octanol–water partition coefficient (Wildman–Crippen LogP) is 1.98. The van der Waals surface area contributed by atoms with Crippen LogP contribution in [0.2, 0.25) is 0 Å². The van der Waals surface area contributed by atoms with E-state index in [-0.39, 0.29) is 11.4 Å². The summed E-state index contributed by atoms with van der Waals surface area (Å²) in [4.78, 5) is 11.5. The van der Waals surface area contributed by atoms with Crippen LogP contribution in [0.15, 0.2) is 18.2 Å². The van der Waals surface area contributed by atoms with Crippen molar-refractivity contribution in [2.45, 2.75) is 31.7 Å². The van der Waals surface area contributed by atoms with Crippen molar-refractivity contribution in [3.8, 4) is 0 Å². The van der Waals surface area contributed by atoms with Gasteiger partial charge in [0.1, 0.15) is 0 Å². The Labute approximate surface area is 102 Å². The molecule has 0 unspecified atom stereocenters. The molecule has 4 N–H and O–H groups in total. The molecular weight excluding hydrogens is 214 g/mol. The monoisotopic (exact) mass is 233 g/mol. The zero-order valence-corrected chi connectivity index (χ0v) is 10.3. The van der Waals surface area contributed by atoms with E-state index in [0.717, 1.165) is 18.5 Å². The number of anilines is 2. The van der Waals surface area contributed by atoms with E-state index in [1.54, 1.807) is 19.2 Å². The molecule has 0 spiro atoms. The number of amides is 1. The zero-order valence-electron chi connectivity index (χ0n) is 10.3. The third-order valence-corrected chi connectivity index (χ3v) is 3.44. The van der Waals surface area contributed by atoms with E-state index in [4.69, 9.17) is 5.73 Å². The van der Waals surface area contributed by atoms with Crippen LogP contribution in [0.1, 0.15) is 36.5 Å². The Balaban J connectivity index is 2.23. The fourth-order valence-corrected chi connectivity index (χ4v) is 2.11. The van der Waals surface area contributed by atoms with Crippen LogP contribution in [-0.2, 0) is 0 Å². The quantitative estimate of drug-likeness (QED) is 0.699. The lowest BCUT2D eigenvalue weighted by Gasteiger charge is -2.40. The van der Waals surface area contributed by atoms with Gasteiger partial charge in [-0.25, -0.2) is 0 Å². The second-order valence-electron chi connectivity index (χ2n) is 4.92. The first-order valence-electron chi connectivity index (χ1n) is 5.94. The molecule has 0 radical (unpaired) electrons. The highest BCUT2D eigenvalue weighted by Gasteiger charge is 2.31. The molecule has 0 atom stereocenters. The molecule has 1 amide bonds. The van der Waals surface area contributed by atoms with Crippen molar-refractivity contribution in [3.63, 3.8) is 0 Å². The average molecular weight is 233 g/mol. The van der Waals surface area contributed by atoms with Gasteiger partial charge in [-0.2, -0.15) is 0 Å². The number of nitrogens with one attached hydrogen (secondary N) is 2. The van der Waals surface area contributed by atoms with Crippen molar-refractivity contribution in [2.75, 3.05) is 18.1 Å². The van der Waals surface area contributed by atoms with Crippen LogP contribution in [0.5, 0.6) is 0 Å². The molecule has 0 bridgehead atoms. The highest BCUT2D eigenvalue weighted by molar-refractivity contribution is 5.96. The van der Waals surface area contributed by atoms with E-state index in [9.17, 15) is 4.79 Å². The van der Waals surface area contributed by atoms with Gasteiger partial charge in [-0.05, 0) is 44.4 Å². The van der Waals surface area contributed by atoms with Crippen LogP contribution in [0.3, 0.4) is 0 Å². The van der Waals surface area contributed by atoms with Gasteiger partial charge >= 0.3 is 0 Å². The fraction of sp³-hybridized carbons (Fsp3) is 0.462. The van der Waals surface area contributed by atoms with Gasteiger partial charge in [-0.15, -0.1) is 0 Å². The first-order valence-corrected chi connectivity index (χ1v) is 5.94. The third kappa shape index (κ3) is 2.35. The summed E-state index contributed by atoms with van der Waals surface area (Å²) in [5.74, 6) is -0.0909. The molecule has 0 aromatic heterocycles. The minimum atomic E-state index is -0.0909. The Morgan fingerprint density at radius 1 is 1.41 bits per heavy atom. The van der Waals surface area contributed by atoms with Crippen molar-refractivity contribution in [1.29, 1.82) is 0 Å². The summed E-state index contributed by atoms with van der Waals surface area (Å²) in [7, 11) is 1.62. The van der Waals surface area contributed by atoms with E-state index in [2.05, 4.69) is 17.6 Å². The number of benzene rings is 1. The van der Waals surface area contributed by atoms with Gasteiger partial charge in [0.2, 0.25) is 0 Å². The topological polar surface area (TPSA) is 67.2 Å². The Morgan fingerprint density at radius 3 is 2.65 bits per heavy atom. The average Bonchev–Trinajstić information content (AvgIpc) is 2.29. The Morgan fingerprint density at radius 2 is 2.12 bits per heavy atom. The van der Waals surface area contributed by atoms with Crippen LogP contribution >= 0.6 is 0 Å². The van der Waals surface area contributed by atoms with E-state index in [1.165, 1.54) is 6.42 Å². The minimum absolute atomic E-state index is 0.0909. The second kappa shape index (κ2) is 4.28. The first kappa shape index (κ1) is 11.8. The number of carbonyl (C=O) groups is 1. The minimum Gasteiger partial charge on any atom is -0.397 e. The third-order valence-electron chi connectivity index (χ3n) is 3.44. The number of rotatable bonds is 3. The molecular formula is C13H19N3O. The van der Waals surface area contributed by atoms with Crippen molar-refractivity contribution < 1.29 is 4.79 Å². The number of nitrogens with two attached hydrogens (primary N) is 1. The van der Waals surface area contributed by atoms with E-state index < -0.39 is 0 Å². The van der Waals surface area contributed by atoms with Gasteiger partial charge in [0.25, 0.3) is 5.91 Å². The molecule has 2 rings (SSSR count). The van der Waals surface area contributed by atoms with E-state index in [1.807, 2.05) is 6.07 Å². The molecule has 0 saturated heterocycles. The molecule has 1 aliphatic rings. The van der Waals surface area contributed by atoms with Gasteiger partial charge in [-0.1, -0.05) is 0 Å². The normalized spacial score (nSPS) is 17.1. The predicted molar refractivity (Wildman–Crippen MR) is 70.1 cm³/mol. The lowest BCUT2D eigenvalue weighted by Crippen LogP contribution is -2.41. The number of hydrogen-bond donors (Lipinski definition) is 3. The summed E-state index contributed by atoms with van der Waals surface area (Å²) in [6, 6.07) is 5.33. The van der Waals surface area contributed by atoms with Crippen molar-refractivity contribution >= 4 is 17.3 Å². The van der Waals surface area contributed by atoms with Crippen molar-refractivity contribution in [3.05, 3.63) is 23.8 Å². The summed E-state index contributed by atoms with van der Waals surface area (Å²) in [5.41, 5.74) is 8.23. The Bertz CT molecular complexity index is 438. The number of carbonyl (C=O) groups excluding carboxylic acids is 1. The summed E-state index contributed by atoms with van der Waals surface area (Å²) >= 11 is 0. The molecule has 4 heteroatoms. The van der Waals surface area contributed by atoms with E-state index in [0.29, 0.717) is 11.3 Å². The van der Waals surface area contributed by atoms with E-state index >= 15 is 0 Å². The van der Waals surface area contributed by atoms with Gasteiger partial charge in [0.05, 0.1) is 11.4 Å². The van der Waals surface area contributed by atoms with Crippen LogP contribution in [0, 0.1) is 0 Å². The molecule has 1 fully saturated rings. The molecule has 0 heterocycles. The standard InChI is InChI=1S/C13H19N3O/c1-13(6-3-7-13)16-11-8-9(12(17)15-2)4-5-10(11)14/h4-5,8,16H,3,6-7,14H2,1-2H3,(H,15,17). The lowest BCUT2D eigenvalue weighted by molar-refractivity contribution is 0.0963. The smallest absolute Gasteiger partial charge is 0.251 e. The van der Waals surface area contributed by atoms with Gasteiger partial charge < -0.3 is 16.4 Å². The SMILES string of the molecule is CNC(=O)c1ccc(N)c(NC2(C)CCC2)c1. The Hall–Kier alpha value is -1.71. The zero-order chi connectivity index (χ0) is 12.5. The molecule has 0 aliphatic heterocycles. The second-order valence-corrected chi connectivity index (χ2v) is 4.92. The summed E-state index contributed by atoms with van der Waals surface area (Å²) < 4.78 is 0. The summed E-state index contributed by atoms with van der Waals surface area (Å²) in [6.45, 7) is 2.18. The summed E-state index contributed by atoms with van der Waals surface area (Å²) in [5, 5.41) is 6.05. The molecule has 1 aromatic carbocycles. The maximum absolute atomic E-state index is 11.5. The molecule has 1 aromatic rings. The van der Waals surface area contributed by atoms with Crippen molar-refractivity contribution in [2.24, 2.45) is 0 Å². The lowest BCUT2D eigenvalue weighted by atomic mass is 9.78. The maximum Gasteiger partial charge on any atom is 0.251 e. The molecule has 4 nitrogen and oxygen atoms in total. The van der Waals surface area contributed by atoms with Crippen LogP contribution in [0.25, 0.3) is 0 Å². The van der Waals surface area contributed by atoms with Gasteiger partial charge in [0, 0.05) is 18.2 Å². The largest absolute Gasteiger partial charge is 0.397 e. The van der Waals surface area contributed by atoms with Crippen LogP contribution < -0.4 is 16.4 Å². The van der Waals surface area contributed by atoms with Crippen LogP contribution in [-0.4, -0.2) is 18.5 Å². The summed E-state index contributed by atoms with van der Waals surface area (Å²) in [6.07, 6.45) is 3.55. The van der Waals surface area contributed by atoms with Crippen LogP contribution in [0.4, 0.5) is 11.4 Å².